The van der Waals surface area contributed by atoms with Crippen molar-refractivity contribution >= 4 is 11.9 Å². The fourth-order valence-corrected chi connectivity index (χ4v) is 3.38. The normalized spacial score (nSPS) is 16.0. The molecule has 0 aliphatic carbocycles. The lowest BCUT2D eigenvalue weighted by Gasteiger charge is -2.35. The first kappa shape index (κ1) is 18.3. The van der Waals surface area contributed by atoms with E-state index in [1.807, 2.05) is 4.90 Å². The standard InChI is InChI=1S/C20H25FN4O/c1-15(2)18(16-4-6-17(21)7-5-16)14-19(26)24-10-12-25(13-11-24)20-22-8-3-9-23-20/h3-9,15,18H,10-14H2,1-2H3. The molecular formula is C20H25FN4O. The van der Waals surface area contributed by atoms with Crippen molar-refractivity contribution in [1.29, 1.82) is 0 Å². The summed E-state index contributed by atoms with van der Waals surface area (Å²) in [6, 6.07) is 8.31. The van der Waals surface area contributed by atoms with Gasteiger partial charge in [-0.3, -0.25) is 4.79 Å². The summed E-state index contributed by atoms with van der Waals surface area (Å²) in [4.78, 5) is 25.4. The molecule has 0 bridgehead atoms. The predicted octanol–water partition coefficient (Wildman–Crippen LogP) is 3.09. The highest BCUT2D eigenvalue weighted by Gasteiger charge is 2.26. The Hall–Kier alpha value is -2.50. The summed E-state index contributed by atoms with van der Waals surface area (Å²) in [5.74, 6) is 1.02. The minimum absolute atomic E-state index is 0.0959. The summed E-state index contributed by atoms with van der Waals surface area (Å²) in [6.07, 6.45) is 3.91. The molecule has 1 aromatic heterocycles. The van der Waals surface area contributed by atoms with Crippen LogP contribution in [0, 0.1) is 11.7 Å². The van der Waals surface area contributed by atoms with Crippen LogP contribution in [0.3, 0.4) is 0 Å². The average molecular weight is 356 g/mol. The van der Waals surface area contributed by atoms with Crippen LogP contribution < -0.4 is 4.90 Å². The van der Waals surface area contributed by atoms with Crippen LogP contribution in [0.15, 0.2) is 42.7 Å². The van der Waals surface area contributed by atoms with Crippen LogP contribution in [0.1, 0.15) is 31.7 Å². The van der Waals surface area contributed by atoms with E-state index in [0.29, 0.717) is 31.4 Å². The number of hydrogen-bond acceptors (Lipinski definition) is 4. The third-order valence-corrected chi connectivity index (χ3v) is 4.96. The van der Waals surface area contributed by atoms with Gasteiger partial charge in [-0.05, 0) is 35.6 Å². The van der Waals surface area contributed by atoms with E-state index in [-0.39, 0.29) is 17.6 Å². The Balaban J connectivity index is 1.59. The van der Waals surface area contributed by atoms with Crippen LogP contribution in [0.5, 0.6) is 0 Å². The van der Waals surface area contributed by atoms with Gasteiger partial charge in [0, 0.05) is 45.0 Å². The largest absolute Gasteiger partial charge is 0.339 e. The van der Waals surface area contributed by atoms with E-state index in [1.54, 1.807) is 30.6 Å². The maximum Gasteiger partial charge on any atom is 0.225 e. The molecule has 138 valence electrons. The number of carbonyl (C=O) groups is 1. The van der Waals surface area contributed by atoms with Gasteiger partial charge in [0.2, 0.25) is 11.9 Å². The number of piperazine rings is 1. The maximum absolute atomic E-state index is 13.2. The second-order valence-corrected chi connectivity index (χ2v) is 7.02. The smallest absolute Gasteiger partial charge is 0.225 e. The van der Waals surface area contributed by atoms with Gasteiger partial charge in [-0.1, -0.05) is 26.0 Å². The summed E-state index contributed by atoms with van der Waals surface area (Å²) < 4.78 is 13.2. The SMILES string of the molecule is CC(C)C(CC(=O)N1CCN(c2ncccn2)CC1)c1ccc(F)cc1. The van der Waals surface area contributed by atoms with Gasteiger partial charge in [0.1, 0.15) is 5.82 Å². The first-order valence-corrected chi connectivity index (χ1v) is 9.10. The number of anilines is 1. The zero-order chi connectivity index (χ0) is 18.5. The van der Waals surface area contributed by atoms with Gasteiger partial charge in [0.15, 0.2) is 0 Å². The lowest BCUT2D eigenvalue weighted by Crippen LogP contribution is -2.49. The zero-order valence-electron chi connectivity index (χ0n) is 15.3. The zero-order valence-corrected chi connectivity index (χ0v) is 15.3. The third-order valence-electron chi connectivity index (χ3n) is 4.96. The van der Waals surface area contributed by atoms with Crippen LogP contribution >= 0.6 is 0 Å². The Kier molecular flexibility index (Phi) is 5.81. The molecule has 0 N–H and O–H groups in total. The molecule has 6 heteroatoms. The Bertz CT molecular complexity index is 712. The van der Waals surface area contributed by atoms with Crippen molar-refractivity contribution in [3.05, 3.63) is 54.1 Å². The van der Waals surface area contributed by atoms with Gasteiger partial charge in [-0.25, -0.2) is 14.4 Å². The van der Waals surface area contributed by atoms with Crippen molar-refractivity contribution in [2.24, 2.45) is 5.92 Å². The van der Waals surface area contributed by atoms with E-state index >= 15 is 0 Å². The average Bonchev–Trinajstić information content (AvgIpc) is 2.67. The minimum Gasteiger partial charge on any atom is -0.339 e. The number of benzene rings is 1. The highest BCUT2D eigenvalue weighted by atomic mass is 19.1. The molecule has 1 aliphatic heterocycles. The lowest BCUT2D eigenvalue weighted by atomic mass is 9.85. The third kappa shape index (κ3) is 4.36. The molecule has 0 spiro atoms. The van der Waals surface area contributed by atoms with E-state index < -0.39 is 0 Å². The van der Waals surface area contributed by atoms with Gasteiger partial charge in [-0.2, -0.15) is 0 Å². The maximum atomic E-state index is 13.2. The molecule has 0 radical (unpaired) electrons. The Morgan fingerprint density at radius 2 is 1.69 bits per heavy atom. The van der Waals surface area contributed by atoms with Crippen molar-refractivity contribution in [2.75, 3.05) is 31.1 Å². The van der Waals surface area contributed by atoms with Crippen molar-refractivity contribution < 1.29 is 9.18 Å². The van der Waals surface area contributed by atoms with Crippen molar-refractivity contribution in [2.45, 2.75) is 26.2 Å². The quantitative estimate of drug-likeness (QED) is 0.826. The molecule has 1 aromatic carbocycles. The summed E-state index contributed by atoms with van der Waals surface area (Å²) in [6.45, 7) is 7.02. The first-order valence-electron chi connectivity index (χ1n) is 9.10. The molecule has 2 aromatic rings. The molecule has 1 unspecified atom stereocenters. The number of rotatable bonds is 5. The van der Waals surface area contributed by atoms with Gasteiger partial charge >= 0.3 is 0 Å². The number of halogens is 1. The molecule has 3 rings (SSSR count). The molecule has 0 saturated carbocycles. The van der Waals surface area contributed by atoms with E-state index in [9.17, 15) is 9.18 Å². The molecule has 1 amide bonds. The van der Waals surface area contributed by atoms with Crippen molar-refractivity contribution in [1.82, 2.24) is 14.9 Å². The van der Waals surface area contributed by atoms with Crippen LogP contribution in [0.25, 0.3) is 0 Å². The number of carbonyl (C=O) groups excluding carboxylic acids is 1. The van der Waals surface area contributed by atoms with Crippen LogP contribution in [0.4, 0.5) is 10.3 Å². The monoisotopic (exact) mass is 356 g/mol. The first-order chi connectivity index (χ1) is 12.5. The fraction of sp³-hybridized carbons (Fsp3) is 0.450. The fourth-order valence-electron chi connectivity index (χ4n) is 3.38. The summed E-state index contributed by atoms with van der Waals surface area (Å²) in [5, 5.41) is 0. The number of aromatic nitrogens is 2. The second kappa shape index (κ2) is 8.25. The highest BCUT2D eigenvalue weighted by Crippen LogP contribution is 2.29. The predicted molar refractivity (Wildman–Crippen MR) is 99.4 cm³/mol. The van der Waals surface area contributed by atoms with Gasteiger partial charge in [-0.15, -0.1) is 0 Å². The topological polar surface area (TPSA) is 49.3 Å². The van der Waals surface area contributed by atoms with Crippen LogP contribution in [-0.2, 0) is 4.79 Å². The lowest BCUT2D eigenvalue weighted by molar-refractivity contribution is -0.132. The van der Waals surface area contributed by atoms with Gasteiger partial charge in [0.25, 0.3) is 0 Å². The highest BCUT2D eigenvalue weighted by molar-refractivity contribution is 5.77. The van der Waals surface area contributed by atoms with E-state index in [0.717, 1.165) is 18.7 Å². The molecule has 2 heterocycles. The molecular weight excluding hydrogens is 331 g/mol. The molecule has 1 atom stereocenters. The Morgan fingerprint density at radius 3 is 2.27 bits per heavy atom. The van der Waals surface area contributed by atoms with E-state index in [2.05, 4.69) is 28.7 Å². The minimum atomic E-state index is -0.248. The van der Waals surface area contributed by atoms with Crippen molar-refractivity contribution in [3.63, 3.8) is 0 Å². The van der Waals surface area contributed by atoms with Gasteiger partial charge < -0.3 is 9.80 Å². The molecule has 1 aliphatic rings. The van der Waals surface area contributed by atoms with Crippen molar-refractivity contribution in [3.8, 4) is 0 Å². The Labute approximate surface area is 153 Å². The van der Waals surface area contributed by atoms with Crippen LogP contribution in [0.2, 0.25) is 0 Å². The number of nitrogens with zero attached hydrogens (tertiary/aromatic N) is 4. The number of hydrogen-bond donors (Lipinski definition) is 0. The summed E-state index contributed by atoms with van der Waals surface area (Å²) >= 11 is 0. The summed E-state index contributed by atoms with van der Waals surface area (Å²) in [5.41, 5.74) is 1.02. The Morgan fingerprint density at radius 1 is 1.08 bits per heavy atom. The van der Waals surface area contributed by atoms with Crippen LogP contribution in [-0.4, -0.2) is 47.0 Å². The molecule has 26 heavy (non-hydrogen) atoms. The molecule has 5 nitrogen and oxygen atoms in total. The second-order valence-electron chi connectivity index (χ2n) is 7.02. The number of amides is 1. The summed E-state index contributed by atoms with van der Waals surface area (Å²) in [7, 11) is 0. The molecule has 1 fully saturated rings. The van der Waals surface area contributed by atoms with E-state index in [1.165, 1.54) is 12.1 Å². The van der Waals surface area contributed by atoms with Gasteiger partial charge in [0.05, 0.1) is 0 Å². The molecule has 1 saturated heterocycles. The van der Waals surface area contributed by atoms with E-state index in [4.69, 9.17) is 0 Å².